The molecule has 2 atom stereocenters. The first-order valence-corrected chi connectivity index (χ1v) is 7.10. The second-order valence-electron chi connectivity index (χ2n) is 5.17. The molecule has 0 aliphatic rings. The molecule has 0 amide bonds. The second-order valence-corrected chi connectivity index (χ2v) is 5.17. The summed E-state index contributed by atoms with van der Waals surface area (Å²) < 4.78 is 5.92. The molecule has 0 bridgehead atoms. The molecule has 2 rings (SSSR count). The molecule has 3 nitrogen and oxygen atoms in total. The van der Waals surface area contributed by atoms with Gasteiger partial charge < -0.3 is 10.5 Å². The minimum Gasteiger partial charge on any atom is -0.439 e. The van der Waals surface area contributed by atoms with Gasteiger partial charge in [-0.15, -0.1) is 0 Å². The van der Waals surface area contributed by atoms with Crippen molar-refractivity contribution in [3.8, 4) is 11.6 Å². The van der Waals surface area contributed by atoms with Gasteiger partial charge in [0.2, 0.25) is 5.88 Å². The predicted octanol–water partition coefficient (Wildman–Crippen LogP) is 4.41. The Morgan fingerprint density at radius 1 is 1.15 bits per heavy atom. The van der Waals surface area contributed by atoms with E-state index in [1.807, 2.05) is 37.3 Å². The standard InChI is InChI=1S/C17H22N2O/c1-4-12(2)15-7-5-6-8-16(15)20-17-10-9-14(11-19-17)13(3)18/h5-13H,4,18H2,1-3H3. The van der Waals surface area contributed by atoms with Crippen LogP contribution in [-0.2, 0) is 0 Å². The first kappa shape index (κ1) is 14.5. The van der Waals surface area contributed by atoms with Crippen molar-refractivity contribution < 1.29 is 4.74 Å². The molecule has 0 fully saturated rings. The van der Waals surface area contributed by atoms with Gasteiger partial charge in [-0.3, -0.25) is 0 Å². The lowest BCUT2D eigenvalue weighted by Gasteiger charge is -2.15. The van der Waals surface area contributed by atoms with E-state index in [0.29, 0.717) is 11.8 Å². The highest BCUT2D eigenvalue weighted by molar-refractivity contribution is 5.38. The quantitative estimate of drug-likeness (QED) is 0.875. The molecule has 2 unspecified atom stereocenters. The van der Waals surface area contributed by atoms with Gasteiger partial charge in [-0.05, 0) is 36.5 Å². The number of hydrogen-bond donors (Lipinski definition) is 1. The van der Waals surface area contributed by atoms with E-state index in [9.17, 15) is 0 Å². The lowest BCUT2D eigenvalue weighted by atomic mass is 9.98. The number of aromatic nitrogens is 1. The van der Waals surface area contributed by atoms with Gasteiger partial charge in [-0.2, -0.15) is 0 Å². The number of nitrogens with two attached hydrogens (primary N) is 1. The summed E-state index contributed by atoms with van der Waals surface area (Å²) in [7, 11) is 0. The largest absolute Gasteiger partial charge is 0.439 e. The van der Waals surface area contributed by atoms with Crippen LogP contribution in [0.5, 0.6) is 11.6 Å². The first-order valence-electron chi connectivity index (χ1n) is 7.10. The lowest BCUT2D eigenvalue weighted by Crippen LogP contribution is -2.05. The number of hydrogen-bond acceptors (Lipinski definition) is 3. The van der Waals surface area contributed by atoms with Crippen LogP contribution >= 0.6 is 0 Å². The van der Waals surface area contributed by atoms with Crippen molar-refractivity contribution in [2.45, 2.75) is 39.2 Å². The molecule has 2 N–H and O–H groups in total. The second kappa shape index (κ2) is 6.53. The van der Waals surface area contributed by atoms with Crippen molar-refractivity contribution in [3.05, 3.63) is 53.7 Å². The van der Waals surface area contributed by atoms with Gasteiger partial charge in [0.05, 0.1) is 0 Å². The summed E-state index contributed by atoms with van der Waals surface area (Å²) in [6.07, 6.45) is 2.85. The number of pyridine rings is 1. The van der Waals surface area contributed by atoms with E-state index >= 15 is 0 Å². The average molecular weight is 270 g/mol. The van der Waals surface area contributed by atoms with E-state index < -0.39 is 0 Å². The fourth-order valence-electron chi connectivity index (χ4n) is 2.03. The van der Waals surface area contributed by atoms with E-state index in [4.69, 9.17) is 10.5 Å². The third-order valence-electron chi connectivity index (χ3n) is 3.56. The molecule has 2 aromatic rings. The van der Waals surface area contributed by atoms with Crippen molar-refractivity contribution in [2.24, 2.45) is 5.73 Å². The van der Waals surface area contributed by atoms with E-state index in [1.54, 1.807) is 6.20 Å². The van der Waals surface area contributed by atoms with Gasteiger partial charge in [-0.1, -0.05) is 38.1 Å². The van der Waals surface area contributed by atoms with Crippen LogP contribution < -0.4 is 10.5 Å². The minimum absolute atomic E-state index is 0.0102. The Kier molecular flexibility index (Phi) is 4.74. The molecule has 1 aromatic heterocycles. The molecule has 3 heteroatoms. The van der Waals surface area contributed by atoms with Crippen LogP contribution in [-0.4, -0.2) is 4.98 Å². The van der Waals surface area contributed by atoms with Gasteiger partial charge in [0.15, 0.2) is 0 Å². The third-order valence-corrected chi connectivity index (χ3v) is 3.56. The highest BCUT2D eigenvalue weighted by atomic mass is 16.5. The molecule has 0 aliphatic carbocycles. The molecular formula is C17H22N2O. The summed E-state index contributed by atoms with van der Waals surface area (Å²) in [5.74, 6) is 1.95. The molecule has 106 valence electrons. The zero-order valence-corrected chi connectivity index (χ0v) is 12.3. The number of ether oxygens (including phenoxy) is 1. The summed E-state index contributed by atoms with van der Waals surface area (Å²) in [6, 6.07) is 11.9. The first-order chi connectivity index (χ1) is 9.61. The maximum atomic E-state index is 5.92. The normalized spacial score (nSPS) is 13.8. The predicted molar refractivity (Wildman–Crippen MR) is 82.1 cm³/mol. The topological polar surface area (TPSA) is 48.1 Å². The molecule has 20 heavy (non-hydrogen) atoms. The van der Waals surface area contributed by atoms with Crippen LogP contribution in [0, 0.1) is 0 Å². The molecule has 0 spiro atoms. The van der Waals surface area contributed by atoms with Gasteiger partial charge in [-0.25, -0.2) is 4.98 Å². The Labute approximate surface area is 120 Å². The Hall–Kier alpha value is -1.87. The fraction of sp³-hybridized carbons (Fsp3) is 0.353. The monoisotopic (exact) mass is 270 g/mol. The SMILES string of the molecule is CCC(C)c1ccccc1Oc1ccc(C(C)N)cn1. The number of nitrogens with zero attached hydrogens (tertiary/aromatic N) is 1. The number of benzene rings is 1. The van der Waals surface area contributed by atoms with Crippen LogP contribution in [0.3, 0.4) is 0 Å². The van der Waals surface area contributed by atoms with Crippen molar-refractivity contribution in [2.75, 3.05) is 0 Å². The zero-order valence-electron chi connectivity index (χ0n) is 12.3. The maximum absolute atomic E-state index is 5.92. The molecule has 0 saturated carbocycles. The molecular weight excluding hydrogens is 248 g/mol. The zero-order chi connectivity index (χ0) is 14.5. The van der Waals surface area contributed by atoms with Crippen molar-refractivity contribution >= 4 is 0 Å². The van der Waals surface area contributed by atoms with Gasteiger partial charge in [0, 0.05) is 18.3 Å². The molecule has 0 aliphatic heterocycles. The van der Waals surface area contributed by atoms with E-state index in [1.165, 1.54) is 5.56 Å². The van der Waals surface area contributed by atoms with E-state index in [0.717, 1.165) is 17.7 Å². The Morgan fingerprint density at radius 3 is 2.50 bits per heavy atom. The summed E-state index contributed by atoms with van der Waals surface area (Å²) >= 11 is 0. The van der Waals surface area contributed by atoms with Crippen LogP contribution in [0.15, 0.2) is 42.6 Å². The van der Waals surface area contributed by atoms with Crippen molar-refractivity contribution in [3.63, 3.8) is 0 Å². The summed E-state index contributed by atoms with van der Waals surface area (Å²) in [6.45, 7) is 6.32. The highest BCUT2D eigenvalue weighted by Crippen LogP contribution is 2.31. The molecule has 1 aromatic carbocycles. The van der Waals surface area contributed by atoms with Gasteiger partial charge in [0.1, 0.15) is 5.75 Å². The number of rotatable bonds is 5. The van der Waals surface area contributed by atoms with Crippen LogP contribution in [0.1, 0.15) is 50.3 Å². The van der Waals surface area contributed by atoms with Crippen LogP contribution in [0.2, 0.25) is 0 Å². The van der Waals surface area contributed by atoms with Crippen molar-refractivity contribution in [1.29, 1.82) is 0 Å². The third kappa shape index (κ3) is 3.36. The summed E-state index contributed by atoms with van der Waals surface area (Å²) in [4.78, 5) is 4.32. The summed E-state index contributed by atoms with van der Waals surface area (Å²) in [5, 5.41) is 0. The molecule has 1 heterocycles. The highest BCUT2D eigenvalue weighted by Gasteiger charge is 2.11. The summed E-state index contributed by atoms with van der Waals surface area (Å²) in [5.41, 5.74) is 8.04. The van der Waals surface area contributed by atoms with Crippen molar-refractivity contribution in [1.82, 2.24) is 4.98 Å². The maximum Gasteiger partial charge on any atom is 0.219 e. The number of para-hydroxylation sites is 1. The Morgan fingerprint density at radius 2 is 1.90 bits per heavy atom. The average Bonchev–Trinajstić information content (AvgIpc) is 2.47. The van der Waals surface area contributed by atoms with Crippen LogP contribution in [0.25, 0.3) is 0 Å². The van der Waals surface area contributed by atoms with Crippen LogP contribution in [0.4, 0.5) is 0 Å². The minimum atomic E-state index is -0.0102. The smallest absolute Gasteiger partial charge is 0.219 e. The van der Waals surface area contributed by atoms with E-state index in [2.05, 4.69) is 24.9 Å². The lowest BCUT2D eigenvalue weighted by molar-refractivity contribution is 0.451. The van der Waals surface area contributed by atoms with E-state index in [-0.39, 0.29) is 6.04 Å². The molecule has 0 saturated heterocycles. The van der Waals surface area contributed by atoms with Gasteiger partial charge in [0.25, 0.3) is 0 Å². The fourth-order valence-corrected chi connectivity index (χ4v) is 2.03. The Balaban J connectivity index is 2.21. The Bertz CT molecular complexity index is 549. The molecule has 0 radical (unpaired) electrons. The van der Waals surface area contributed by atoms with Gasteiger partial charge >= 0.3 is 0 Å².